The lowest BCUT2D eigenvalue weighted by Crippen LogP contribution is -2.42. The summed E-state index contributed by atoms with van der Waals surface area (Å²) in [6.07, 6.45) is 5.05. The molecule has 4 aromatic rings. The van der Waals surface area contributed by atoms with Gasteiger partial charge in [-0.15, -0.1) is 0 Å². The summed E-state index contributed by atoms with van der Waals surface area (Å²) in [7, 11) is 0. The standard InChI is InChI=1S/C34H28ClFN4O3/c1-3-4-16-43-31-15-14-23(18-30(31)36)32-25(21-40(38-32)26-11-6-5-7-12-26)17-27-22(2)28(19-37)34(42)39(33(27)41)20-24-10-8-9-13-29(24)35/h5-15,17-18,21H,3-4,16,20H2,1-2H3/b27-17+. The molecule has 0 radical (unpaired) electrons. The maximum absolute atomic E-state index is 15.1. The second-order valence-electron chi connectivity index (χ2n) is 10.0. The molecule has 0 aliphatic carbocycles. The Bertz CT molecular complexity index is 1800. The molecule has 216 valence electrons. The fourth-order valence-electron chi connectivity index (χ4n) is 4.75. The Balaban J connectivity index is 1.62. The zero-order chi connectivity index (χ0) is 30.5. The smallest absolute Gasteiger partial charge is 0.271 e. The van der Waals surface area contributed by atoms with E-state index in [-0.39, 0.29) is 29.0 Å². The van der Waals surface area contributed by atoms with E-state index in [2.05, 4.69) is 0 Å². The van der Waals surface area contributed by atoms with Gasteiger partial charge in [0, 0.05) is 27.9 Å². The van der Waals surface area contributed by atoms with Crippen LogP contribution in [-0.2, 0) is 16.1 Å². The van der Waals surface area contributed by atoms with Crippen molar-refractivity contribution in [2.75, 3.05) is 6.61 Å². The number of carbonyl (C=O) groups is 2. The highest BCUT2D eigenvalue weighted by Gasteiger charge is 2.36. The zero-order valence-electron chi connectivity index (χ0n) is 23.7. The Morgan fingerprint density at radius 1 is 1.05 bits per heavy atom. The maximum atomic E-state index is 15.1. The highest BCUT2D eigenvalue weighted by molar-refractivity contribution is 6.31. The number of carbonyl (C=O) groups excluding carboxylic acids is 2. The van der Waals surface area contributed by atoms with Crippen molar-refractivity contribution in [3.05, 3.63) is 118 Å². The number of nitriles is 1. The van der Waals surface area contributed by atoms with Crippen LogP contribution in [0, 0.1) is 17.1 Å². The van der Waals surface area contributed by atoms with E-state index >= 15 is 4.39 Å². The molecule has 0 N–H and O–H groups in total. The van der Waals surface area contributed by atoms with Crippen molar-refractivity contribution in [2.45, 2.75) is 33.2 Å². The minimum atomic E-state index is -0.692. The molecule has 0 saturated heterocycles. The van der Waals surface area contributed by atoms with E-state index in [1.807, 2.05) is 43.3 Å². The Morgan fingerprint density at radius 2 is 1.79 bits per heavy atom. The molecule has 7 nitrogen and oxygen atoms in total. The van der Waals surface area contributed by atoms with Gasteiger partial charge in [-0.1, -0.05) is 61.3 Å². The molecule has 0 unspecified atom stereocenters. The van der Waals surface area contributed by atoms with Gasteiger partial charge in [-0.25, -0.2) is 9.07 Å². The summed E-state index contributed by atoms with van der Waals surface area (Å²) >= 11 is 6.32. The second kappa shape index (κ2) is 12.9. The summed E-state index contributed by atoms with van der Waals surface area (Å²) in [5.41, 5.74) is 2.94. The average Bonchev–Trinajstić information content (AvgIpc) is 3.44. The van der Waals surface area contributed by atoms with Crippen LogP contribution in [0.4, 0.5) is 4.39 Å². The van der Waals surface area contributed by atoms with E-state index in [0.29, 0.717) is 34.0 Å². The van der Waals surface area contributed by atoms with Gasteiger partial charge in [0.15, 0.2) is 11.6 Å². The molecule has 0 bridgehead atoms. The van der Waals surface area contributed by atoms with Crippen LogP contribution in [0.2, 0.25) is 5.02 Å². The molecule has 0 atom stereocenters. The first-order valence-electron chi connectivity index (χ1n) is 13.8. The van der Waals surface area contributed by atoms with Crippen molar-refractivity contribution < 1.29 is 18.7 Å². The summed E-state index contributed by atoms with van der Waals surface area (Å²) in [5, 5.41) is 15.0. The van der Waals surface area contributed by atoms with Crippen molar-refractivity contribution in [3.63, 3.8) is 0 Å². The molecule has 9 heteroatoms. The fourth-order valence-corrected chi connectivity index (χ4v) is 4.94. The summed E-state index contributed by atoms with van der Waals surface area (Å²) in [6, 6.07) is 22.8. The van der Waals surface area contributed by atoms with Crippen LogP contribution >= 0.6 is 11.6 Å². The molecular formula is C34H28ClFN4O3. The number of para-hydroxylation sites is 1. The summed E-state index contributed by atoms with van der Waals surface area (Å²) in [4.78, 5) is 28.1. The molecule has 3 aromatic carbocycles. The van der Waals surface area contributed by atoms with Crippen LogP contribution in [0.1, 0.15) is 37.8 Å². The molecule has 1 aliphatic heterocycles. The van der Waals surface area contributed by atoms with E-state index in [0.717, 1.165) is 23.4 Å². The summed E-state index contributed by atoms with van der Waals surface area (Å²) < 4.78 is 22.3. The number of ether oxygens (including phenoxy) is 1. The Hall–Kier alpha value is -5.00. The van der Waals surface area contributed by atoms with E-state index in [9.17, 15) is 14.9 Å². The van der Waals surface area contributed by atoms with Crippen LogP contribution in [0.3, 0.4) is 0 Å². The van der Waals surface area contributed by atoms with Gasteiger partial charge in [0.2, 0.25) is 0 Å². The van der Waals surface area contributed by atoms with Crippen LogP contribution < -0.4 is 4.74 Å². The van der Waals surface area contributed by atoms with E-state index in [4.69, 9.17) is 21.4 Å². The van der Waals surface area contributed by atoms with Gasteiger partial charge in [0.05, 0.1) is 18.8 Å². The van der Waals surface area contributed by atoms with Gasteiger partial charge >= 0.3 is 0 Å². The van der Waals surface area contributed by atoms with E-state index in [1.165, 1.54) is 6.07 Å². The summed E-state index contributed by atoms with van der Waals surface area (Å²) in [6.45, 7) is 3.90. The molecule has 1 aromatic heterocycles. The lowest BCUT2D eigenvalue weighted by molar-refractivity contribution is -0.141. The number of hydrogen-bond donors (Lipinski definition) is 0. The van der Waals surface area contributed by atoms with Crippen molar-refractivity contribution in [1.82, 2.24) is 14.7 Å². The third-order valence-corrected chi connectivity index (χ3v) is 7.50. The van der Waals surface area contributed by atoms with Gasteiger partial charge in [-0.3, -0.25) is 14.5 Å². The third kappa shape index (κ3) is 6.13. The van der Waals surface area contributed by atoms with Gasteiger partial charge < -0.3 is 4.74 Å². The number of imide groups is 1. The number of benzene rings is 3. The molecule has 0 spiro atoms. The Labute approximate surface area is 254 Å². The van der Waals surface area contributed by atoms with E-state index in [1.54, 1.807) is 60.3 Å². The SMILES string of the molecule is CCCCOc1ccc(-c2nn(-c3ccccc3)cc2/C=C2/C(=O)N(Cc3ccccc3Cl)C(=O)C(C#N)=C2C)cc1F. The number of rotatable bonds is 9. The van der Waals surface area contributed by atoms with Crippen LogP contribution in [0.5, 0.6) is 5.75 Å². The highest BCUT2D eigenvalue weighted by atomic mass is 35.5. The first-order chi connectivity index (χ1) is 20.8. The number of amides is 2. The van der Waals surface area contributed by atoms with Gasteiger partial charge in [0.1, 0.15) is 17.3 Å². The molecular weight excluding hydrogens is 567 g/mol. The minimum Gasteiger partial charge on any atom is -0.491 e. The Kier molecular flexibility index (Phi) is 8.84. The van der Waals surface area contributed by atoms with Crippen molar-refractivity contribution in [1.29, 1.82) is 5.26 Å². The molecule has 0 saturated carbocycles. The van der Waals surface area contributed by atoms with Crippen molar-refractivity contribution >= 4 is 29.5 Å². The molecule has 1 aliphatic rings. The first-order valence-corrected chi connectivity index (χ1v) is 14.2. The molecule has 2 heterocycles. The lowest BCUT2D eigenvalue weighted by Gasteiger charge is -2.27. The zero-order valence-corrected chi connectivity index (χ0v) is 24.4. The van der Waals surface area contributed by atoms with E-state index < -0.39 is 17.6 Å². The highest BCUT2D eigenvalue weighted by Crippen LogP contribution is 2.33. The van der Waals surface area contributed by atoms with Crippen molar-refractivity contribution in [2.24, 2.45) is 0 Å². The van der Waals surface area contributed by atoms with Crippen LogP contribution in [-0.4, -0.2) is 33.1 Å². The number of halogens is 2. The monoisotopic (exact) mass is 594 g/mol. The Morgan fingerprint density at radius 3 is 2.49 bits per heavy atom. The molecule has 5 rings (SSSR count). The minimum absolute atomic E-state index is 0.103. The number of hydrogen-bond acceptors (Lipinski definition) is 5. The normalized spacial score (nSPS) is 14.4. The predicted molar refractivity (Wildman–Crippen MR) is 163 cm³/mol. The third-order valence-electron chi connectivity index (χ3n) is 7.14. The second-order valence-corrected chi connectivity index (χ2v) is 10.4. The lowest BCUT2D eigenvalue weighted by atomic mass is 9.93. The summed E-state index contributed by atoms with van der Waals surface area (Å²) in [5.74, 6) is -1.66. The van der Waals surface area contributed by atoms with Crippen LogP contribution in [0.25, 0.3) is 23.0 Å². The number of aromatic nitrogens is 2. The average molecular weight is 595 g/mol. The first kappa shape index (κ1) is 29.5. The maximum Gasteiger partial charge on any atom is 0.271 e. The van der Waals surface area contributed by atoms with Gasteiger partial charge in [-0.05, 0) is 67.0 Å². The van der Waals surface area contributed by atoms with Crippen LogP contribution in [0.15, 0.2) is 95.7 Å². The molecule has 43 heavy (non-hydrogen) atoms. The quantitative estimate of drug-likeness (QED) is 0.115. The van der Waals surface area contributed by atoms with Crippen molar-refractivity contribution in [3.8, 4) is 28.8 Å². The van der Waals surface area contributed by atoms with Gasteiger partial charge in [-0.2, -0.15) is 10.4 Å². The van der Waals surface area contributed by atoms with Gasteiger partial charge in [0.25, 0.3) is 11.8 Å². The fraction of sp³-hybridized carbons (Fsp3) is 0.176. The molecule has 0 fully saturated rings. The molecule has 2 amide bonds. The topological polar surface area (TPSA) is 88.2 Å². The number of nitrogens with zero attached hydrogens (tertiary/aromatic N) is 4. The largest absolute Gasteiger partial charge is 0.491 e. The number of unbranched alkanes of at least 4 members (excludes halogenated alkanes) is 1. The predicted octanol–water partition coefficient (Wildman–Crippen LogP) is 7.30.